The van der Waals surface area contributed by atoms with Crippen molar-refractivity contribution in [1.29, 1.82) is 0 Å². The van der Waals surface area contributed by atoms with Crippen LogP contribution in [0.25, 0.3) is 0 Å². The normalized spacial score (nSPS) is 17.8. The summed E-state index contributed by atoms with van der Waals surface area (Å²) in [7, 11) is 0. The van der Waals surface area contributed by atoms with Gasteiger partial charge in [-0.05, 0) is 30.6 Å². The SMILES string of the molecule is CCC(C)CC(CC)NCC(O)CC(C)(C)C. The smallest absolute Gasteiger partial charge is 0.0669 e. The summed E-state index contributed by atoms with van der Waals surface area (Å²) in [5.74, 6) is 0.771. The van der Waals surface area contributed by atoms with Gasteiger partial charge in [-0.15, -0.1) is 0 Å². The van der Waals surface area contributed by atoms with Crippen LogP contribution in [0.4, 0.5) is 0 Å². The van der Waals surface area contributed by atoms with Crippen LogP contribution in [-0.2, 0) is 0 Å². The van der Waals surface area contributed by atoms with E-state index < -0.39 is 0 Å². The summed E-state index contributed by atoms with van der Waals surface area (Å²) in [4.78, 5) is 0. The molecule has 0 aromatic heterocycles. The number of rotatable bonds is 8. The summed E-state index contributed by atoms with van der Waals surface area (Å²) in [5.41, 5.74) is 0.208. The second-order valence-electron chi connectivity index (χ2n) is 6.68. The van der Waals surface area contributed by atoms with Crippen LogP contribution >= 0.6 is 0 Å². The average molecular weight is 243 g/mol. The summed E-state index contributed by atoms with van der Waals surface area (Å²) in [6.45, 7) is 14.0. The van der Waals surface area contributed by atoms with E-state index in [-0.39, 0.29) is 11.5 Å². The second-order valence-corrected chi connectivity index (χ2v) is 6.68. The predicted octanol–water partition coefficient (Wildman–Crippen LogP) is 3.59. The lowest BCUT2D eigenvalue weighted by Gasteiger charge is -2.25. The van der Waals surface area contributed by atoms with Gasteiger partial charge in [0.05, 0.1) is 6.10 Å². The highest BCUT2D eigenvalue weighted by atomic mass is 16.3. The molecule has 0 bridgehead atoms. The molecule has 0 fully saturated rings. The molecule has 17 heavy (non-hydrogen) atoms. The molecule has 0 aliphatic heterocycles. The molecular formula is C15H33NO. The molecule has 0 amide bonds. The van der Waals surface area contributed by atoms with Crippen LogP contribution in [-0.4, -0.2) is 23.8 Å². The van der Waals surface area contributed by atoms with E-state index in [0.717, 1.165) is 25.3 Å². The Kier molecular flexibility index (Phi) is 8.06. The molecule has 0 aromatic carbocycles. The van der Waals surface area contributed by atoms with E-state index in [1.165, 1.54) is 12.8 Å². The van der Waals surface area contributed by atoms with Crippen LogP contribution in [0.1, 0.15) is 67.2 Å². The van der Waals surface area contributed by atoms with Gasteiger partial charge >= 0.3 is 0 Å². The van der Waals surface area contributed by atoms with E-state index in [2.05, 4.69) is 46.9 Å². The Labute approximate surface area is 108 Å². The molecule has 0 heterocycles. The summed E-state index contributed by atoms with van der Waals surface area (Å²) >= 11 is 0. The summed E-state index contributed by atoms with van der Waals surface area (Å²) in [6, 6.07) is 0.555. The Hall–Kier alpha value is -0.0800. The third kappa shape index (κ3) is 9.61. The van der Waals surface area contributed by atoms with Crippen molar-refractivity contribution >= 4 is 0 Å². The number of nitrogens with one attached hydrogen (secondary N) is 1. The maximum Gasteiger partial charge on any atom is 0.0669 e. The van der Waals surface area contributed by atoms with Gasteiger partial charge in [-0.3, -0.25) is 0 Å². The zero-order valence-electron chi connectivity index (χ0n) is 12.7. The summed E-state index contributed by atoms with van der Waals surface area (Å²) in [5, 5.41) is 13.5. The topological polar surface area (TPSA) is 32.3 Å². The first-order chi connectivity index (χ1) is 7.78. The summed E-state index contributed by atoms with van der Waals surface area (Å²) < 4.78 is 0. The van der Waals surface area contributed by atoms with Gasteiger partial charge in [0.1, 0.15) is 0 Å². The van der Waals surface area contributed by atoms with E-state index in [9.17, 15) is 5.11 Å². The van der Waals surface area contributed by atoms with Crippen molar-refractivity contribution in [2.75, 3.05) is 6.54 Å². The van der Waals surface area contributed by atoms with Gasteiger partial charge in [0.2, 0.25) is 0 Å². The molecular weight excluding hydrogens is 210 g/mol. The molecule has 0 saturated heterocycles. The quantitative estimate of drug-likeness (QED) is 0.683. The Bertz CT molecular complexity index is 186. The van der Waals surface area contributed by atoms with E-state index in [1.807, 2.05) is 0 Å². The fourth-order valence-corrected chi connectivity index (χ4v) is 2.13. The van der Waals surface area contributed by atoms with Crippen molar-refractivity contribution in [2.24, 2.45) is 11.3 Å². The second kappa shape index (κ2) is 8.10. The van der Waals surface area contributed by atoms with Gasteiger partial charge in [0.15, 0.2) is 0 Å². The molecule has 0 radical (unpaired) electrons. The van der Waals surface area contributed by atoms with Gasteiger partial charge in [0, 0.05) is 12.6 Å². The number of hydrogen-bond donors (Lipinski definition) is 2. The van der Waals surface area contributed by atoms with Crippen LogP contribution in [0.15, 0.2) is 0 Å². The third-order valence-electron chi connectivity index (χ3n) is 3.37. The van der Waals surface area contributed by atoms with Gasteiger partial charge in [-0.2, -0.15) is 0 Å². The first-order valence-electron chi connectivity index (χ1n) is 7.20. The highest BCUT2D eigenvalue weighted by Gasteiger charge is 2.18. The minimum atomic E-state index is -0.221. The lowest BCUT2D eigenvalue weighted by Crippen LogP contribution is -2.37. The van der Waals surface area contributed by atoms with Gasteiger partial charge < -0.3 is 10.4 Å². The van der Waals surface area contributed by atoms with Crippen molar-refractivity contribution in [3.8, 4) is 0 Å². The zero-order valence-corrected chi connectivity index (χ0v) is 12.7. The maximum atomic E-state index is 9.96. The number of aliphatic hydroxyl groups is 1. The molecule has 0 spiro atoms. The van der Waals surface area contributed by atoms with Crippen molar-refractivity contribution in [2.45, 2.75) is 79.4 Å². The molecule has 2 heteroatoms. The van der Waals surface area contributed by atoms with Crippen molar-refractivity contribution < 1.29 is 5.11 Å². The lowest BCUT2D eigenvalue weighted by atomic mass is 9.89. The molecule has 104 valence electrons. The molecule has 0 saturated carbocycles. The first kappa shape index (κ1) is 16.9. The monoisotopic (exact) mass is 243 g/mol. The number of aliphatic hydroxyl groups excluding tert-OH is 1. The molecule has 3 unspecified atom stereocenters. The fraction of sp³-hybridized carbons (Fsp3) is 1.00. The maximum absolute atomic E-state index is 9.96. The van der Waals surface area contributed by atoms with Crippen LogP contribution < -0.4 is 5.32 Å². The van der Waals surface area contributed by atoms with Crippen LogP contribution in [0.5, 0.6) is 0 Å². The van der Waals surface area contributed by atoms with Crippen molar-refractivity contribution in [1.82, 2.24) is 5.32 Å². The molecule has 2 N–H and O–H groups in total. The highest BCUT2D eigenvalue weighted by molar-refractivity contribution is 4.74. The first-order valence-corrected chi connectivity index (χ1v) is 7.20. The fourth-order valence-electron chi connectivity index (χ4n) is 2.13. The average Bonchev–Trinajstić information content (AvgIpc) is 2.21. The number of hydrogen-bond acceptors (Lipinski definition) is 2. The van der Waals surface area contributed by atoms with E-state index in [1.54, 1.807) is 0 Å². The van der Waals surface area contributed by atoms with Gasteiger partial charge in [-0.25, -0.2) is 0 Å². The Morgan fingerprint density at radius 3 is 2.12 bits per heavy atom. The predicted molar refractivity (Wildman–Crippen MR) is 76.2 cm³/mol. The summed E-state index contributed by atoms with van der Waals surface area (Å²) in [6.07, 6.45) is 4.24. The largest absolute Gasteiger partial charge is 0.392 e. The van der Waals surface area contributed by atoms with E-state index >= 15 is 0 Å². The van der Waals surface area contributed by atoms with Crippen molar-refractivity contribution in [3.63, 3.8) is 0 Å². The van der Waals surface area contributed by atoms with Crippen molar-refractivity contribution in [3.05, 3.63) is 0 Å². The lowest BCUT2D eigenvalue weighted by molar-refractivity contribution is 0.115. The highest BCUT2D eigenvalue weighted by Crippen LogP contribution is 2.20. The molecule has 0 rings (SSSR count). The standard InChI is InChI=1S/C15H33NO/c1-7-12(3)9-13(8-2)16-11-14(17)10-15(4,5)6/h12-14,16-17H,7-11H2,1-6H3. The van der Waals surface area contributed by atoms with E-state index in [4.69, 9.17) is 0 Å². The third-order valence-corrected chi connectivity index (χ3v) is 3.37. The molecule has 2 nitrogen and oxygen atoms in total. The Morgan fingerprint density at radius 2 is 1.71 bits per heavy atom. The molecule has 0 aliphatic rings. The van der Waals surface area contributed by atoms with Crippen LogP contribution in [0.3, 0.4) is 0 Å². The Morgan fingerprint density at radius 1 is 1.12 bits per heavy atom. The zero-order chi connectivity index (χ0) is 13.5. The molecule has 0 aromatic rings. The van der Waals surface area contributed by atoms with Gasteiger partial charge in [-0.1, -0.05) is 48.0 Å². The Balaban J connectivity index is 3.89. The minimum Gasteiger partial charge on any atom is -0.392 e. The van der Waals surface area contributed by atoms with Gasteiger partial charge in [0.25, 0.3) is 0 Å². The molecule has 0 aliphatic carbocycles. The molecule has 3 atom stereocenters. The minimum absolute atomic E-state index is 0.208. The van der Waals surface area contributed by atoms with Crippen LogP contribution in [0.2, 0.25) is 0 Å². The van der Waals surface area contributed by atoms with Crippen LogP contribution in [0, 0.1) is 11.3 Å². The van der Waals surface area contributed by atoms with E-state index in [0.29, 0.717) is 6.04 Å².